The van der Waals surface area contributed by atoms with Gasteiger partial charge >= 0.3 is 0 Å². The number of hydrogen-bond acceptors (Lipinski definition) is 3. The van der Waals surface area contributed by atoms with Gasteiger partial charge in [0.05, 0.1) is 0 Å². The van der Waals surface area contributed by atoms with Crippen molar-refractivity contribution in [3.05, 3.63) is 47.5 Å². The van der Waals surface area contributed by atoms with Gasteiger partial charge in [-0.05, 0) is 30.4 Å². The normalized spacial score (nSPS) is 13.4. The minimum absolute atomic E-state index is 0.183. The highest BCUT2D eigenvalue weighted by molar-refractivity contribution is 6.26. The van der Waals surface area contributed by atoms with Gasteiger partial charge in [0.2, 0.25) is 5.91 Å². The summed E-state index contributed by atoms with van der Waals surface area (Å²) in [7, 11) is 0. The lowest BCUT2D eigenvalue weighted by molar-refractivity contribution is -0.131. The Morgan fingerprint density at radius 3 is 1.92 bits per heavy atom. The highest BCUT2D eigenvalue weighted by Crippen LogP contribution is 2.29. The number of rotatable bonds is 6. The summed E-state index contributed by atoms with van der Waals surface area (Å²) >= 11 is 0. The number of amides is 3. The molecule has 0 radical (unpaired) electrons. The lowest BCUT2D eigenvalue weighted by Gasteiger charge is -2.29. The van der Waals surface area contributed by atoms with Gasteiger partial charge in [0.15, 0.2) is 0 Å². The number of benzene rings is 2. The molecule has 0 fully saturated rings. The Kier molecular flexibility index (Phi) is 4.83. The van der Waals surface area contributed by atoms with Gasteiger partial charge in [0.25, 0.3) is 11.8 Å². The molecule has 130 valence electrons. The predicted octanol–water partition coefficient (Wildman–Crippen LogP) is 3.08. The first-order valence-electron chi connectivity index (χ1n) is 8.74. The summed E-state index contributed by atoms with van der Waals surface area (Å²) in [5.74, 6) is -0.969. The second-order valence-electron chi connectivity index (χ2n) is 6.29. The van der Waals surface area contributed by atoms with Gasteiger partial charge in [-0.15, -0.1) is 0 Å². The molecule has 3 amide bonds. The zero-order valence-corrected chi connectivity index (χ0v) is 14.6. The van der Waals surface area contributed by atoms with Gasteiger partial charge in [-0.1, -0.05) is 38.1 Å². The van der Waals surface area contributed by atoms with Gasteiger partial charge in [-0.25, -0.2) is 0 Å². The quantitative estimate of drug-likeness (QED) is 0.761. The molecule has 1 aliphatic rings. The lowest BCUT2D eigenvalue weighted by Crippen LogP contribution is -2.47. The molecule has 0 aliphatic carbocycles. The summed E-state index contributed by atoms with van der Waals surface area (Å²) in [4.78, 5) is 41.1. The van der Waals surface area contributed by atoms with Crippen molar-refractivity contribution in [2.24, 2.45) is 0 Å². The van der Waals surface area contributed by atoms with Crippen LogP contribution in [0.5, 0.6) is 0 Å². The average molecular weight is 338 g/mol. The Morgan fingerprint density at radius 2 is 1.44 bits per heavy atom. The minimum Gasteiger partial charge on any atom is -0.341 e. The fraction of sp³-hybridized carbons (Fsp3) is 0.350. The zero-order chi connectivity index (χ0) is 18.0. The van der Waals surface area contributed by atoms with Gasteiger partial charge in [0.1, 0.15) is 6.54 Å². The summed E-state index contributed by atoms with van der Waals surface area (Å²) in [6.45, 7) is 5.07. The number of hydrogen-bond donors (Lipinski definition) is 0. The van der Waals surface area contributed by atoms with E-state index in [0.29, 0.717) is 29.6 Å². The molecule has 25 heavy (non-hydrogen) atoms. The average Bonchev–Trinajstić information content (AvgIpc) is 2.62. The first-order chi connectivity index (χ1) is 12.1. The maximum atomic E-state index is 12.8. The smallest absolute Gasteiger partial charge is 0.261 e. The minimum atomic E-state index is -0.393. The van der Waals surface area contributed by atoms with E-state index in [-0.39, 0.29) is 12.5 Å². The van der Waals surface area contributed by atoms with E-state index in [0.717, 1.165) is 23.1 Å². The van der Waals surface area contributed by atoms with E-state index in [4.69, 9.17) is 0 Å². The number of nitrogens with zero attached hydrogens (tertiary/aromatic N) is 2. The summed E-state index contributed by atoms with van der Waals surface area (Å²) < 4.78 is 0. The van der Waals surface area contributed by atoms with Crippen molar-refractivity contribution < 1.29 is 14.4 Å². The van der Waals surface area contributed by atoms with Crippen molar-refractivity contribution >= 4 is 28.5 Å². The Balaban J connectivity index is 1.93. The van der Waals surface area contributed by atoms with Crippen LogP contribution in [-0.4, -0.2) is 47.2 Å². The van der Waals surface area contributed by atoms with Crippen LogP contribution in [0.25, 0.3) is 10.8 Å². The second kappa shape index (κ2) is 7.05. The highest BCUT2D eigenvalue weighted by atomic mass is 16.2. The predicted molar refractivity (Wildman–Crippen MR) is 96.5 cm³/mol. The van der Waals surface area contributed by atoms with E-state index in [1.165, 1.54) is 0 Å². The number of carbonyl (C=O) groups excluding carboxylic acids is 3. The van der Waals surface area contributed by atoms with Gasteiger partial charge in [-0.3, -0.25) is 19.3 Å². The lowest BCUT2D eigenvalue weighted by atomic mass is 9.94. The van der Waals surface area contributed by atoms with E-state index in [9.17, 15) is 14.4 Å². The first kappa shape index (κ1) is 17.1. The van der Waals surface area contributed by atoms with Crippen LogP contribution in [0.3, 0.4) is 0 Å². The molecule has 0 saturated carbocycles. The van der Waals surface area contributed by atoms with E-state index >= 15 is 0 Å². The highest BCUT2D eigenvalue weighted by Gasteiger charge is 2.34. The molecule has 0 spiro atoms. The zero-order valence-electron chi connectivity index (χ0n) is 14.6. The van der Waals surface area contributed by atoms with Gasteiger partial charge in [-0.2, -0.15) is 0 Å². The molecule has 0 atom stereocenters. The summed E-state index contributed by atoms with van der Waals surface area (Å²) in [5, 5.41) is 1.55. The molecule has 1 aliphatic heterocycles. The third-order valence-electron chi connectivity index (χ3n) is 4.49. The Bertz CT molecular complexity index is 787. The standard InChI is InChI=1S/C20H22N2O3/c1-3-11-21(12-4-2)17(23)13-22-19(24)15-9-5-7-14-8-6-10-16(18(14)15)20(22)25/h5-10H,3-4,11-13H2,1-2H3. The fourth-order valence-electron chi connectivity index (χ4n) is 3.36. The Labute approximate surface area is 147 Å². The summed E-state index contributed by atoms with van der Waals surface area (Å²) in [6.07, 6.45) is 1.69. The van der Waals surface area contributed by atoms with Crippen LogP contribution in [-0.2, 0) is 4.79 Å². The van der Waals surface area contributed by atoms with Crippen molar-refractivity contribution in [3.8, 4) is 0 Å². The van der Waals surface area contributed by atoms with E-state index < -0.39 is 11.8 Å². The monoisotopic (exact) mass is 338 g/mol. The largest absolute Gasteiger partial charge is 0.341 e. The molecule has 0 aromatic heterocycles. The number of carbonyl (C=O) groups is 3. The molecule has 5 heteroatoms. The third-order valence-corrected chi connectivity index (χ3v) is 4.49. The molecule has 0 N–H and O–H groups in total. The third kappa shape index (κ3) is 3.02. The molecule has 0 saturated heterocycles. The van der Waals surface area contributed by atoms with Gasteiger partial charge < -0.3 is 4.90 Å². The maximum absolute atomic E-state index is 12.8. The molecule has 2 aromatic carbocycles. The van der Waals surface area contributed by atoms with Crippen molar-refractivity contribution in [2.75, 3.05) is 19.6 Å². The van der Waals surface area contributed by atoms with Crippen LogP contribution in [0, 0.1) is 0 Å². The Morgan fingerprint density at radius 1 is 0.920 bits per heavy atom. The van der Waals surface area contributed by atoms with Crippen LogP contribution in [0.15, 0.2) is 36.4 Å². The molecular weight excluding hydrogens is 316 g/mol. The molecule has 0 bridgehead atoms. The molecule has 0 unspecified atom stereocenters. The maximum Gasteiger partial charge on any atom is 0.261 e. The molecule has 1 heterocycles. The van der Waals surface area contributed by atoms with E-state index in [2.05, 4.69) is 0 Å². The Hall–Kier alpha value is -2.69. The fourth-order valence-corrected chi connectivity index (χ4v) is 3.36. The summed E-state index contributed by atoms with van der Waals surface area (Å²) in [5.41, 5.74) is 0.969. The van der Waals surface area contributed by atoms with E-state index in [1.807, 2.05) is 26.0 Å². The van der Waals surface area contributed by atoms with Crippen LogP contribution >= 0.6 is 0 Å². The van der Waals surface area contributed by atoms with Crippen molar-refractivity contribution in [1.82, 2.24) is 9.80 Å². The molecular formula is C20H22N2O3. The topological polar surface area (TPSA) is 57.7 Å². The van der Waals surface area contributed by atoms with Crippen LogP contribution in [0.1, 0.15) is 47.4 Å². The van der Waals surface area contributed by atoms with Crippen molar-refractivity contribution in [2.45, 2.75) is 26.7 Å². The molecule has 3 rings (SSSR count). The van der Waals surface area contributed by atoms with Crippen molar-refractivity contribution in [3.63, 3.8) is 0 Å². The second-order valence-corrected chi connectivity index (χ2v) is 6.29. The van der Waals surface area contributed by atoms with E-state index in [1.54, 1.807) is 29.2 Å². The molecule has 2 aromatic rings. The van der Waals surface area contributed by atoms with Crippen LogP contribution in [0.2, 0.25) is 0 Å². The van der Waals surface area contributed by atoms with Crippen LogP contribution in [0.4, 0.5) is 0 Å². The van der Waals surface area contributed by atoms with Crippen LogP contribution < -0.4 is 0 Å². The molecule has 5 nitrogen and oxygen atoms in total. The SMILES string of the molecule is CCCN(CCC)C(=O)CN1C(=O)c2cccc3cccc(c23)C1=O. The van der Waals surface area contributed by atoms with Crippen molar-refractivity contribution in [1.29, 1.82) is 0 Å². The summed E-state index contributed by atoms with van der Waals surface area (Å²) in [6, 6.07) is 10.8. The number of imide groups is 1. The first-order valence-corrected chi connectivity index (χ1v) is 8.74. The van der Waals surface area contributed by atoms with Gasteiger partial charge in [0, 0.05) is 29.6 Å².